The lowest BCUT2D eigenvalue weighted by molar-refractivity contribution is -0.135. The van der Waals surface area contributed by atoms with Crippen molar-refractivity contribution in [3.63, 3.8) is 0 Å². The Bertz CT molecular complexity index is 985. The van der Waals surface area contributed by atoms with Gasteiger partial charge in [-0.15, -0.1) is 6.58 Å². The number of carbonyl (C=O) groups is 2. The summed E-state index contributed by atoms with van der Waals surface area (Å²) in [6, 6.07) is 7.35. The molecule has 0 fully saturated rings. The summed E-state index contributed by atoms with van der Waals surface area (Å²) in [6.45, 7) is 11.7. The molecular formula is C23H24BrNO3. The summed E-state index contributed by atoms with van der Waals surface area (Å²) in [7, 11) is 0. The van der Waals surface area contributed by atoms with E-state index in [1.165, 1.54) is 4.90 Å². The van der Waals surface area contributed by atoms with Gasteiger partial charge in [0.05, 0.1) is 12.1 Å². The highest BCUT2D eigenvalue weighted by atomic mass is 79.9. The van der Waals surface area contributed by atoms with Crippen molar-refractivity contribution >= 4 is 33.3 Å². The van der Waals surface area contributed by atoms with E-state index in [0.29, 0.717) is 16.8 Å². The smallest absolute Gasteiger partial charge is 0.264 e. The Hall–Kier alpha value is -2.24. The highest BCUT2D eigenvalue weighted by molar-refractivity contribution is 9.10. The van der Waals surface area contributed by atoms with E-state index >= 15 is 0 Å². The van der Waals surface area contributed by atoms with E-state index in [4.69, 9.17) is 0 Å². The molecule has 1 N–H and O–H groups in total. The molecule has 0 aliphatic carbocycles. The Morgan fingerprint density at radius 2 is 1.79 bits per heavy atom. The van der Waals surface area contributed by atoms with Gasteiger partial charge >= 0.3 is 0 Å². The molecule has 1 aliphatic rings. The van der Waals surface area contributed by atoms with Crippen molar-refractivity contribution in [3.05, 3.63) is 74.8 Å². The normalized spacial score (nSPS) is 18.4. The molecule has 0 aromatic heterocycles. The van der Waals surface area contributed by atoms with Crippen LogP contribution in [-0.2, 0) is 10.4 Å². The number of hydrogen-bond donors (Lipinski definition) is 1. The first-order valence-electron chi connectivity index (χ1n) is 9.17. The number of aryl methyl sites for hydroxylation is 2. The van der Waals surface area contributed by atoms with Crippen molar-refractivity contribution in [3.8, 4) is 0 Å². The average Bonchev–Trinajstić information content (AvgIpc) is 2.82. The van der Waals surface area contributed by atoms with Crippen LogP contribution >= 0.6 is 15.9 Å². The van der Waals surface area contributed by atoms with Gasteiger partial charge in [-0.3, -0.25) is 9.59 Å². The summed E-state index contributed by atoms with van der Waals surface area (Å²) < 4.78 is 0.740. The lowest BCUT2D eigenvalue weighted by Gasteiger charge is -2.23. The molecule has 1 aliphatic heterocycles. The third-order valence-electron chi connectivity index (χ3n) is 5.67. The van der Waals surface area contributed by atoms with Crippen molar-refractivity contribution < 1.29 is 14.7 Å². The number of Topliss-reactive ketones (excluding diaryl/α,β-unsaturated/α-hetero) is 1. The quantitative estimate of drug-likeness (QED) is 0.541. The molecule has 0 radical (unpaired) electrons. The number of aliphatic hydroxyl groups is 1. The zero-order valence-electron chi connectivity index (χ0n) is 16.6. The first kappa shape index (κ1) is 20.5. The molecule has 3 rings (SSSR count). The van der Waals surface area contributed by atoms with Crippen LogP contribution in [0.5, 0.6) is 0 Å². The van der Waals surface area contributed by atoms with Gasteiger partial charge in [0, 0.05) is 22.1 Å². The van der Waals surface area contributed by atoms with Crippen LogP contribution in [-0.4, -0.2) is 23.3 Å². The van der Waals surface area contributed by atoms with Gasteiger partial charge in [-0.1, -0.05) is 28.1 Å². The standard InChI is InChI=1S/C23H24BrNO3/c1-6-9-25-19-8-7-17(24)11-18(19)23(28,22(25)27)12-20(26)21-15(4)13(2)10-14(3)16(21)5/h6-8,10-11,28H,1,9,12H2,2-5H3/t23-/m1/s1. The number of nitrogens with zero attached hydrogens (tertiary/aromatic N) is 1. The van der Waals surface area contributed by atoms with Crippen molar-refractivity contribution in [2.75, 3.05) is 11.4 Å². The van der Waals surface area contributed by atoms with Crippen LogP contribution in [0.2, 0.25) is 0 Å². The predicted molar refractivity (Wildman–Crippen MR) is 115 cm³/mol. The molecule has 2 aromatic rings. The fraction of sp³-hybridized carbons (Fsp3) is 0.304. The van der Waals surface area contributed by atoms with Crippen molar-refractivity contribution in [1.82, 2.24) is 0 Å². The van der Waals surface area contributed by atoms with Crippen LogP contribution in [0.25, 0.3) is 0 Å². The minimum atomic E-state index is -1.89. The lowest BCUT2D eigenvalue weighted by Crippen LogP contribution is -2.42. The molecule has 0 unspecified atom stereocenters. The average molecular weight is 442 g/mol. The molecule has 1 atom stereocenters. The number of halogens is 1. The number of benzene rings is 2. The molecule has 0 saturated carbocycles. The second-order valence-electron chi connectivity index (χ2n) is 7.46. The summed E-state index contributed by atoms with van der Waals surface area (Å²) in [5, 5.41) is 11.4. The number of hydrogen-bond acceptors (Lipinski definition) is 3. The molecule has 0 saturated heterocycles. The Labute approximate surface area is 174 Å². The van der Waals surface area contributed by atoms with Crippen LogP contribution in [0, 0.1) is 27.7 Å². The van der Waals surface area contributed by atoms with E-state index in [2.05, 4.69) is 28.6 Å². The molecule has 1 amide bonds. The molecule has 5 heteroatoms. The summed E-state index contributed by atoms with van der Waals surface area (Å²) >= 11 is 3.40. The highest BCUT2D eigenvalue weighted by Gasteiger charge is 2.51. The molecule has 4 nitrogen and oxygen atoms in total. The fourth-order valence-corrected chi connectivity index (χ4v) is 4.32. The van der Waals surface area contributed by atoms with Gasteiger partial charge in [0.25, 0.3) is 5.91 Å². The van der Waals surface area contributed by atoms with Crippen LogP contribution < -0.4 is 4.90 Å². The minimum Gasteiger partial charge on any atom is -0.375 e. The number of anilines is 1. The number of ketones is 1. The Kier molecular flexibility index (Phi) is 5.34. The highest BCUT2D eigenvalue weighted by Crippen LogP contribution is 2.44. The van der Waals surface area contributed by atoms with Gasteiger partial charge in [0.1, 0.15) is 0 Å². The molecule has 28 heavy (non-hydrogen) atoms. The fourth-order valence-electron chi connectivity index (χ4n) is 3.96. The maximum Gasteiger partial charge on any atom is 0.264 e. The topological polar surface area (TPSA) is 57.6 Å². The third-order valence-corrected chi connectivity index (χ3v) is 6.16. The van der Waals surface area contributed by atoms with Gasteiger partial charge in [0.15, 0.2) is 11.4 Å². The minimum absolute atomic E-state index is 0.232. The molecule has 2 aromatic carbocycles. The monoisotopic (exact) mass is 441 g/mol. The predicted octanol–water partition coefficient (Wildman–Crippen LogP) is 4.68. The Balaban J connectivity index is 2.10. The van der Waals surface area contributed by atoms with E-state index in [1.807, 2.05) is 33.8 Å². The van der Waals surface area contributed by atoms with Gasteiger partial charge < -0.3 is 10.0 Å². The summed E-state index contributed by atoms with van der Waals surface area (Å²) in [4.78, 5) is 27.9. The summed E-state index contributed by atoms with van der Waals surface area (Å²) in [6.07, 6.45) is 1.31. The van der Waals surface area contributed by atoms with Crippen LogP contribution in [0.1, 0.15) is 44.6 Å². The second-order valence-corrected chi connectivity index (χ2v) is 8.38. The first-order chi connectivity index (χ1) is 13.1. The van der Waals surface area contributed by atoms with Crippen molar-refractivity contribution in [1.29, 1.82) is 0 Å². The van der Waals surface area contributed by atoms with Gasteiger partial charge in [-0.2, -0.15) is 0 Å². The van der Waals surface area contributed by atoms with Crippen molar-refractivity contribution in [2.45, 2.75) is 39.7 Å². The van der Waals surface area contributed by atoms with E-state index in [0.717, 1.165) is 26.7 Å². The zero-order chi connectivity index (χ0) is 20.8. The zero-order valence-corrected chi connectivity index (χ0v) is 18.2. The van der Waals surface area contributed by atoms with Gasteiger partial charge in [-0.25, -0.2) is 0 Å². The Morgan fingerprint density at radius 3 is 2.36 bits per heavy atom. The summed E-state index contributed by atoms with van der Waals surface area (Å²) in [5.74, 6) is -0.724. The number of rotatable bonds is 5. The molecule has 0 bridgehead atoms. The van der Waals surface area contributed by atoms with Crippen LogP contribution in [0.3, 0.4) is 0 Å². The van der Waals surface area contributed by atoms with E-state index in [9.17, 15) is 14.7 Å². The maximum absolute atomic E-state index is 13.3. The maximum atomic E-state index is 13.3. The van der Waals surface area contributed by atoms with Crippen LogP contribution in [0.4, 0.5) is 5.69 Å². The van der Waals surface area contributed by atoms with Crippen LogP contribution in [0.15, 0.2) is 41.4 Å². The third kappa shape index (κ3) is 3.12. The van der Waals surface area contributed by atoms with Crippen molar-refractivity contribution in [2.24, 2.45) is 0 Å². The molecule has 146 valence electrons. The Morgan fingerprint density at radius 1 is 1.18 bits per heavy atom. The molecular weight excluding hydrogens is 418 g/mol. The van der Waals surface area contributed by atoms with Gasteiger partial charge in [0.2, 0.25) is 0 Å². The largest absolute Gasteiger partial charge is 0.375 e. The van der Waals surface area contributed by atoms with E-state index in [1.54, 1.807) is 18.2 Å². The number of fused-ring (bicyclic) bond motifs is 1. The van der Waals surface area contributed by atoms with E-state index < -0.39 is 11.5 Å². The molecule has 0 spiro atoms. The number of carbonyl (C=O) groups excluding carboxylic acids is 2. The molecule has 1 heterocycles. The first-order valence-corrected chi connectivity index (χ1v) is 9.97. The summed E-state index contributed by atoms with van der Waals surface area (Å²) in [5.41, 5.74) is 3.58. The second kappa shape index (κ2) is 7.30. The lowest BCUT2D eigenvalue weighted by atomic mass is 9.84. The van der Waals surface area contributed by atoms with Gasteiger partial charge in [-0.05, 0) is 68.1 Å². The SMILES string of the molecule is C=CCN1C(=O)[C@@](O)(CC(=O)c2c(C)c(C)cc(C)c2C)c2cc(Br)ccc21. The number of amides is 1. The van der Waals surface area contributed by atoms with E-state index in [-0.39, 0.29) is 18.7 Å².